The molecule has 24 heavy (non-hydrogen) atoms. The van der Waals surface area contributed by atoms with Crippen LogP contribution in [0.1, 0.15) is 12.0 Å². The van der Waals surface area contributed by atoms with Gasteiger partial charge < -0.3 is 4.90 Å². The van der Waals surface area contributed by atoms with Gasteiger partial charge in [0.05, 0.1) is 5.75 Å². The van der Waals surface area contributed by atoms with Crippen molar-refractivity contribution in [2.75, 3.05) is 11.4 Å². The highest BCUT2D eigenvalue weighted by molar-refractivity contribution is 7.88. The van der Waals surface area contributed by atoms with Crippen LogP contribution in [-0.4, -0.2) is 26.9 Å². The molecule has 0 spiro atoms. The van der Waals surface area contributed by atoms with E-state index >= 15 is 0 Å². The molecule has 2 aromatic rings. The fourth-order valence-corrected chi connectivity index (χ4v) is 4.41. The van der Waals surface area contributed by atoms with Crippen LogP contribution in [0.4, 0.5) is 5.69 Å². The molecule has 0 aliphatic carbocycles. The average molecular weight is 365 g/mol. The van der Waals surface area contributed by atoms with E-state index in [-0.39, 0.29) is 11.7 Å². The van der Waals surface area contributed by atoms with Gasteiger partial charge in [0, 0.05) is 17.3 Å². The Balaban J connectivity index is 1.70. The molecule has 7 heteroatoms. The van der Waals surface area contributed by atoms with Gasteiger partial charge in [0.15, 0.2) is 0 Å². The molecule has 2 aromatic carbocycles. The number of carbonyl (C=O) groups is 1. The van der Waals surface area contributed by atoms with E-state index in [1.165, 1.54) is 0 Å². The summed E-state index contributed by atoms with van der Waals surface area (Å²) in [6, 6.07) is 15.3. The lowest BCUT2D eigenvalue weighted by Gasteiger charge is -2.17. The molecule has 0 unspecified atom stereocenters. The summed E-state index contributed by atoms with van der Waals surface area (Å²) < 4.78 is 27.2. The minimum atomic E-state index is -3.66. The molecule has 1 atom stereocenters. The lowest BCUT2D eigenvalue weighted by Crippen LogP contribution is -2.42. The number of amides is 1. The summed E-state index contributed by atoms with van der Waals surface area (Å²) in [5, 5.41) is 0.395. The Morgan fingerprint density at radius 3 is 2.46 bits per heavy atom. The quantitative estimate of drug-likeness (QED) is 0.886. The normalized spacial score (nSPS) is 18.1. The highest BCUT2D eigenvalue weighted by atomic mass is 35.5. The van der Waals surface area contributed by atoms with Crippen molar-refractivity contribution in [1.29, 1.82) is 0 Å². The Bertz CT molecular complexity index is 840. The number of hydrogen-bond donors (Lipinski definition) is 1. The number of rotatable bonds is 5. The molecule has 1 fully saturated rings. The molecular weight excluding hydrogens is 348 g/mol. The topological polar surface area (TPSA) is 66.5 Å². The minimum absolute atomic E-state index is 0.232. The van der Waals surface area contributed by atoms with Crippen molar-refractivity contribution in [2.45, 2.75) is 18.2 Å². The van der Waals surface area contributed by atoms with Crippen LogP contribution >= 0.6 is 11.6 Å². The third-order valence-electron chi connectivity index (χ3n) is 3.90. The van der Waals surface area contributed by atoms with Crippen LogP contribution < -0.4 is 9.62 Å². The number of nitrogens with zero attached hydrogens (tertiary/aromatic N) is 1. The zero-order valence-corrected chi connectivity index (χ0v) is 14.4. The van der Waals surface area contributed by atoms with Crippen molar-refractivity contribution in [3.8, 4) is 0 Å². The molecule has 0 bridgehead atoms. The van der Waals surface area contributed by atoms with E-state index in [0.717, 1.165) is 5.69 Å². The van der Waals surface area contributed by atoms with E-state index in [1.54, 1.807) is 29.2 Å². The first-order valence-corrected chi connectivity index (χ1v) is 9.59. The van der Waals surface area contributed by atoms with Crippen molar-refractivity contribution in [3.63, 3.8) is 0 Å². The first-order valence-electron chi connectivity index (χ1n) is 7.56. The fraction of sp³-hybridized carbons (Fsp3) is 0.235. The van der Waals surface area contributed by atoms with Gasteiger partial charge in [0.25, 0.3) is 0 Å². The molecule has 0 radical (unpaired) electrons. The van der Waals surface area contributed by atoms with Crippen LogP contribution in [0.2, 0.25) is 5.02 Å². The zero-order chi connectivity index (χ0) is 17.2. The van der Waals surface area contributed by atoms with Gasteiger partial charge in [-0.25, -0.2) is 13.1 Å². The van der Waals surface area contributed by atoms with Crippen molar-refractivity contribution < 1.29 is 13.2 Å². The highest BCUT2D eigenvalue weighted by Gasteiger charge is 2.35. The van der Waals surface area contributed by atoms with Crippen LogP contribution in [0.5, 0.6) is 0 Å². The SMILES string of the molecule is O=C1[C@H](NS(=O)(=O)Cc2ccccc2Cl)CCN1c1ccccc1. The summed E-state index contributed by atoms with van der Waals surface area (Å²) in [5.41, 5.74) is 1.28. The van der Waals surface area contributed by atoms with Gasteiger partial charge in [-0.15, -0.1) is 0 Å². The summed E-state index contributed by atoms with van der Waals surface area (Å²) in [5.74, 6) is -0.481. The second-order valence-electron chi connectivity index (χ2n) is 5.64. The maximum Gasteiger partial charge on any atom is 0.245 e. The van der Waals surface area contributed by atoms with Crippen LogP contribution in [0.15, 0.2) is 54.6 Å². The standard InChI is InChI=1S/C17H17ClN2O3S/c18-15-9-5-4-6-13(15)12-24(22,23)19-16-10-11-20(17(16)21)14-7-2-1-3-8-14/h1-9,16,19H,10-12H2/t16-/m1/s1. The number of para-hydroxylation sites is 1. The summed E-state index contributed by atoms with van der Waals surface area (Å²) in [7, 11) is -3.66. The summed E-state index contributed by atoms with van der Waals surface area (Å²) in [4.78, 5) is 14.1. The Labute approximate surface area is 146 Å². The number of anilines is 1. The van der Waals surface area contributed by atoms with Gasteiger partial charge in [-0.2, -0.15) is 0 Å². The monoisotopic (exact) mass is 364 g/mol. The first kappa shape index (κ1) is 17.0. The number of hydrogen-bond acceptors (Lipinski definition) is 3. The molecule has 3 rings (SSSR count). The van der Waals surface area contributed by atoms with Gasteiger partial charge >= 0.3 is 0 Å². The van der Waals surface area contributed by atoms with E-state index in [1.807, 2.05) is 30.3 Å². The minimum Gasteiger partial charge on any atom is -0.311 e. The third kappa shape index (κ3) is 3.77. The molecule has 0 aromatic heterocycles. The van der Waals surface area contributed by atoms with E-state index < -0.39 is 16.1 Å². The molecule has 126 valence electrons. The van der Waals surface area contributed by atoms with Gasteiger partial charge in [0.2, 0.25) is 15.9 Å². The first-order chi connectivity index (χ1) is 11.5. The Morgan fingerprint density at radius 2 is 1.75 bits per heavy atom. The molecule has 1 aliphatic heterocycles. The number of halogens is 1. The van der Waals surface area contributed by atoms with Crippen molar-refractivity contribution in [1.82, 2.24) is 4.72 Å². The summed E-state index contributed by atoms with van der Waals surface area (Å²) in [6.07, 6.45) is 0.440. The third-order valence-corrected chi connectivity index (χ3v) is 5.60. The Morgan fingerprint density at radius 1 is 1.08 bits per heavy atom. The number of sulfonamides is 1. The predicted octanol–water partition coefficient (Wildman–Crippen LogP) is 2.56. The summed E-state index contributed by atoms with van der Waals surface area (Å²) >= 11 is 6.01. The Kier molecular flexibility index (Phi) is 4.89. The smallest absolute Gasteiger partial charge is 0.245 e. The molecular formula is C17H17ClN2O3S. The van der Waals surface area contributed by atoms with E-state index in [4.69, 9.17) is 11.6 Å². The van der Waals surface area contributed by atoms with Crippen LogP contribution in [0.25, 0.3) is 0 Å². The number of benzene rings is 2. The maximum absolute atomic E-state index is 12.5. The highest BCUT2D eigenvalue weighted by Crippen LogP contribution is 2.22. The largest absolute Gasteiger partial charge is 0.311 e. The number of carbonyl (C=O) groups excluding carboxylic acids is 1. The number of nitrogens with one attached hydrogen (secondary N) is 1. The van der Waals surface area contributed by atoms with Gasteiger partial charge in [-0.3, -0.25) is 4.79 Å². The molecule has 1 N–H and O–H groups in total. The molecule has 1 aliphatic rings. The Hall–Kier alpha value is -1.89. The van der Waals surface area contributed by atoms with Crippen molar-refractivity contribution in [3.05, 3.63) is 65.2 Å². The molecule has 1 saturated heterocycles. The molecule has 1 heterocycles. The van der Waals surface area contributed by atoms with E-state index in [9.17, 15) is 13.2 Å². The lowest BCUT2D eigenvalue weighted by molar-refractivity contribution is -0.118. The fourth-order valence-electron chi connectivity index (χ4n) is 2.73. The molecule has 1 amide bonds. The van der Waals surface area contributed by atoms with Gasteiger partial charge in [-0.05, 0) is 30.2 Å². The second kappa shape index (κ2) is 6.93. The maximum atomic E-state index is 12.5. The van der Waals surface area contributed by atoms with Crippen LogP contribution in [0.3, 0.4) is 0 Å². The zero-order valence-electron chi connectivity index (χ0n) is 12.9. The van der Waals surface area contributed by atoms with Gasteiger partial charge in [-0.1, -0.05) is 48.0 Å². The summed E-state index contributed by atoms with van der Waals surface area (Å²) in [6.45, 7) is 0.488. The second-order valence-corrected chi connectivity index (χ2v) is 7.80. The van der Waals surface area contributed by atoms with Gasteiger partial charge in [0.1, 0.15) is 6.04 Å². The van der Waals surface area contributed by atoms with E-state index in [2.05, 4.69) is 4.72 Å². The van der Waals surface area contributed by atoms with Crippen molar-refractivity contribution >= 4 is 33.2 Å². The van der Waals surface area contributed by atoms with Crippen LogP contribution in [0, 0.1) is 0 Å². The molecule has 5 nitrogen and oxygen atoms in total. The van der Waals surface area contributed by atoms with E-state index in [0.29, 0.717) is 23.6 Å². The molecule has 0 saturated carbocycles. The van der Waals surface area contributed by atoms with Crippen LogP contribution in [-0.2, 0) is 20.6 Å². The average Bonchev–Trinajstić information content (AvgIpc) is 2.91. The van der Waals surface area contributed by atoms with Crippen molar-refractivity contribution in [2.24, 2.45) is 0 Å². The lowest BCUT2D eigenvalue weighted by atomic mass is 10.2. The predicted molar refractivity (Wildman–Crippen MR) is 94.4 cm³/mol.